The van der Waals surface area contributed by atoms with Crippen LogP contribution < -0.4 is 17.0 Å². The molecule has 0 radical (unpaired) electrons. The minimum absolute atomic E-state index is 0. The Morgan fingerprint density at radius 2 is 1.70 bits per heavy atom. The van der Waals surface area contributed by atoms with Crippen LogP contribution in [0.15, 0.2) is 0 Å². The lowest BCUT2D eigenvalue weighted by molar-refractivity contribution is -0.873. The van der Waals surface area contributed by atoms with Gasteiger partial charge in [-0.3, -0.25) is 0 Å². The van der Waals surface area contributed by atoms with E-state index in [-0.39, 0.29) is 23.6 Å². The van der Waals surface area contributed by atoms with Gasteiger partial charge in [0.05, 0.1) is 27.7 Å². The van der Waals surface area contributed by atoms with Crippen molar-refractivity contribution in [1.82, 2.24) is 0 Å². The Labute approximate surface area is 72.6 Å². The summed E-state index contributed by atoms with van der Waals surface area (Å²) in [4.78, 5) is 0. The first-order valence-electron chi connectivity index (χ1n) is 3.05. The second-order valence-corrected chi connectivity index (χ2v) is 3.31. The minimum atomic E-state index is -0.579. The van der Waals surface area contributed by atoms with E-state index in [1.807, 2.05) is 21.1 Å². The van der Waals surface area contributed by atoms with Crippen molar-refractivity contribution in [3.8, 4) is 0 Å². The van der Waals surface area contributed by atoms with Crippen LogP contribution in [0.25, 0.3) is 0 Å². The number of nitrogens with zero attached hydrogens (tertiary/aromatic N) is 1. The standard InChI is InChI=1S/C6H16NO2.BrH/c1-7(2,3)4-6(9)5-8;/h6,8-9H,4-5H2,1-3H3;1H/q+1;/p-1. The van der Waals surface area contributed by atoms with E-state index >= 15 is 0 Å². The summed E-state index contributed by atoms with van der Waals surface area (Å²) in [5.74, 6) is 0. The number of aliphatic hydroxyl groups is 2. The molecule has 1 unspecified atom stereocenters. The molecule has 3 nitrogen and oxygen atoms in total. The maximum atomic E-state index is 8.93. The third kappa shape index (κ3) is 8.36. The van der Waals surface area contributed by atoms with Crippen LogP contribution in [0.5, 0.6) is 0 Å². The Balaban J connectivity index is 0. The molecule has 10 heavy (non-hydrogen) atoms. The van der Waals surface area contributed by atoms with E-state index in [0.29, 0.717) is 11.0 Å². The van der Waals surface area contributed by atoms with Crippen molar-refractivity contribution < 1.29 is 31.7 Å². The van der Waals surface area contributed by atoms with Gasteiger partial charge in [0.2, 0.25) is 0 Å². The molecule has 0 rings (SSSR count). The third-order valence-corrected chi connectivity index (χ3v) is 0.969. The van der Waals surface area contributed by atoms with Crippen LogP contribution in [0.2, 0.25) is 0 Å². The van der Waals surface area contributed by atoms with E-state index in [2.05, 4.69) is 0 Å². The first-order chi connectivity index (χ1) is 3.95. The van der Waals surface area contributed by atoms with E-state index in [0.717, 1.165) is 0 Å². The van der Waals surface area contributed by atoms with Gasteiger partial charge in [-0.15, -0.1) is 0 Å². The van der Waals surface area contributed by atoms with Crippen molar-refractivity contribution in [1.29, 1.82) is 0 Å². The molecule has 1 atom stereocenters. The molecule has 0 aromatic rings. The molecule has 64 valence electrons. The molecule has 0 aliphatic carbocycles. The molecule has 0 aromatic carbocycles. The number of aliphatic hydroxyl groups excluding tert-OH is 2. The lowest BCUT2D eigenvalue weighted by Crippen LogP contribution is -3.00. The van der Waals surface area contributed by atoms with Gasteiger partial charge in [-0.05, 0) is 0 Å². The van der Waals surface area contributed by atoms with E-state index in [1.54, 1.807) is 0 Å². The fourth-order valence-corrected chi connectivity index (χ4v) is 0.690. The Hall–Kier alpha value is 0.360. The van der Waals surface area contributed by atoms with Gasteiger partial charge in [-0.25, -0.2) is 0 Å². The van der Waals surface area contributed by atoms with Crippen molar-refractivity contribution in [2.24, 2.45) is 0 Å². The van der Waals surface area contributed by atoms with Crippen LogP contribution in [0.3, 0.4) is 0 Å². The predicted octanol–water partition coefficient (Wildman–Crippen LogP) is -3.95. The Kier molecular flexibility index (Phi) is 6.58. The number of quaternary nitrogens is 1. The lowest BCUT2D eigenvalue weighted by Gasteiger charge is -2.25. The number of likely N-dealkylation sites (N-methyl/N-ethyl adjacent to an activating group) is 1. The molecule has 0 heterocycles. The summed E-state index contributed by atoms with van der Waals surface area (Å²) in [6.45, 7) is 0.450. The normalized spacial score (nSPS) is 14.1. The first-order valence-corrected chi connectivity index (χ1v) is 3.05. The van der Waals surface area contributed by atoms with Crippen LogP contribution in [0, 0.1) is 0 Å². The maximum absolute atomic E-state index is 8.93. The Bertz CT molecular complexity index is 82.3. The topological polar surface area (TPSA) is 40.5 Å². The number of hydrogen-bond donors (Lipinski definition) is 2. The summed E-state index contributed by atoms with van der Waals surface area (Å²) in [5, 5.41) is 17.4. The van der Waals surface area contributed by atoms with Crippen molar-refractivity contribution in [2.75, 3.05) is 34.3 Å². The maximum Gasteiger partial charge on any atom is 0.126 e. The molecule has 0 saturated carbocycles. The quantitative estimate of drug-likeness (QED) is 0.471. The number of halogens is 1. The fourth-order valence-electron chi connectivity index (χ4n) is 0.690. The summed E-state index contributed by atoms with van der Waals surface area (Å²) in [6.07, 6.45) is -0.579. The first kappa shape index (κ1) is 13.0. The molecule has 0 aliphatic rings. The van der Waals surface area contributed by atoms with Crippen molar-refractivity contribution in [3.05, 3.63) is 0 Å². The van der Waals surface area contributed by atoms with Crippen molar-refractivity contribution >= 4 is 0 Å². The molecule has 0 amide bonds. The zero-order valence-corrected chi connectivity index (χ0v) is 8.30. The van der Waals surface area contributed by atoms with E-state index in [4.69, 9.17) is 10.2 Å². The second-order valence-electron chi connectivity index (χ2n) is 3.31. The molecule has 0 aromatic heterocycles. The second kappa shape index (κ2) is 5.07. The molecule has 0 fully saturated rings. The molecule has 0 saturated heterocycles. The van der Waals surface area contributed by atoms with Gasteiger partial charge in [-0.1, -0.05) is 0 Å². The average Bonchev–Trinajstić information content (AvgIpc) is 1.62. The summed E-state index contributed by atoms with van der Waals surface area (Å²) >= 11 is 0. The molecular formula is C6H16BrNO2. The van der Waals surface area contributed by atoms with Crippen LogP contribution >= 0.6 is 0 Å². The molecule has 0 bridgehead atoms. The molecular weight excluding hydrogens is 198 g/mol. The van der Waals surface area contributed by atoms with Crippen LogP contribution in [0.4, 0.5) is 0 Å². The highest BCUT2D eigenvalue weighted by Gasteiger charge is 2.13. The van der Waals surface area contributed by atoms with Gasteiger partial charge in [0.25, 0.3) is 0 Å². The highest BCUT2D eigenvalue weighted by Crippen LogP contribution is 1.92. The monoisotopic (exact) mass is 213 g/mol. The molecule has 2 N–H and O–H groups in total. The highest BCUT2D eigenvalue weighted by atomic mass is 79.9. The number of rotatable bonds is 3. The van der Waals surface area contributed by atoms with Crippen LogP contribution in [-0.2, 0) is 0 Å². The van der Waals surface area contributed by atoms with Gasteiger partial charge in [0, 0.05) is 0 Å². The average molecular weight is 214 g/mol. The zero-order chi connectivity index (χ0) is 7.49. The van der Waals surface area contributed by atoms with Gasteiger partial charge in [0.1, 0.15) is 12.6 Å². The molecule has 0 aliphatic heterocycles. The Morgan fingerprint density at radius 3 is 1.80 bits per heavy atom. The highest BCUT2D eigenvalue weighted by molar-refractivity contribution is 4.47. The largest absolute Gasteiger partial charge is 1.00 e. The fraction of sp³-hybridized carbons (Fsp3) is 1.00. The summed E-state index contributed by atoms with van der Waals surface area (Å²) in [6, 6.07) is 0. The van der Waals surface area contributed by atoms with E-state index in [9.17, 15) is 0 Å². The lowest BCUT2D eigenvalue weighted by atomic mass is 10.3. The van der Waals surface area contributed by atoms with Gasteiger partial charge in [-0.2, -0.15) is 0 Å². The van der Waals surface area contributed by atoms with Crippen LogP contribution in [-0.4, -0.2) is 55.1 Å². The SMILES string of the molecule is C[N+](C)(C)CC(O)CO.[Br-]. The van der Waals surface area contributed by atoms with Gasteiger partial charge >= 0.3 is 0 Å². The van der Waals surface area contributed by atoms with Crippen molar-refractivity contribution in [2.45, 2.75) is 6.10 Å². The van der Waals surface area contributed by atoms with Gasteiger partial charge in [0.15, 0.2) is 0 Å². The van der Waals surface area contributed by atoms with Gasteiger partial charge < -0.3 is 31.7 Å². The third-order valence-electron chi connectivity index (χ3n) is 0.969. The summed E-state index contributed by atoms with van der Waals surface area (Å²) < 4.78 is 0.682. The zero-order valence-electron chi connectivity index (χ0n) is 6.71. The Morgan fingerprint density at radius 1 is 1.30 bits per heavy atom. The summed E-state index contributed by atoms with van der Waals surface area (Å²) in [7, 11) is 5.91. The molecule has 4 heteroatoms. The number of hydrogen-bond acceptors (Lipinski definition) is 2. The smallest absolute Gasteiger partial charge is 0.126 e. The van der Waals surface area contributed by atoms with E-state index in [1.165, 1.54) is 0 Å². The van der Waals surface area contributed by atoms with Crippen molar-refractivity contribution in [3.63, 3.8) is 0 Å². The van der Waals surface area contributed by atoms with E-state index < -0.39 is 6.10 Å². The molecule has 0 spiro atoms. The predicted molar refractivity (Wildman–Crippen MR) is 36.0 cm³/mol. The minimum Gasteiger partial charge on any atom is -1.00 e. The summed E-state index contributed by atoms with van der Waals surface area (Å²) in [5.41, 5.74) is 0. The van der Waals surface area contributed by atoms with Crippen LogP contribution in [0.1, 0.15) is 0 Å².